The number of halogens is 1. The molecule has 0 aromatic heterocycles. The monoisotopic (exact) mass is 305 g/mol. The average Bonchev–Trinajstić information content (AvgIpc) is 2.07. The van der Waals surface area contributed by atoms with Gasteiger partial charge in [0.2, 0.25) is 0 Å². The summed E-state index contributed by atoms with van der Waals surface area (Å²) >= 11 is 2.22. The van der Waals surface area contributed by atoms with Crippen LogP contribution in [0.4, 0.5) is 0 Å². The summed E-state index contributed by atoms with van der Waals surface area (Å²) in [6.45, 7) is 0. The van der Waals surface area contributed by atoms with Crippen LogP contribution in [0.3, 0.4) is 0 Å². The van der Waals surface area contributed by atoms with Crippen molar-refractivity contribution >= 4 is 28.6 Å². The number of carbonyl (C=O) groups is 1. The first kappa shape index (κ1) is 11.5. The zero-order chi connectivity index (χ0) is 10.6. The van der Waals surface area contributed by atoms with Gasteiger partial charge in [-0.3, -0.25) is 4.79 Å². The Morgan fingerprint density at radius 1 is 1.50 bits per heavy atom. The molecular formula is C10H12INO2. The third-order valence-electron chi connectivity index (χ3n) is 1.88. The van der Waals surface area contributed by atoms with E-state index in [9.17, 15) is 4.79 Å². The Kier molecular flexibility index (Phi) is 4.34. The van der Waals surface area contributed by atoms with E-state index >= 15 is 0 Å². The third-order valence-corrected chi connectivity index (χ3v) is 2.93. The lowest BCUT2D eigenvalue weighted by Crippen LogP contribution is -2.26. The maximum atomic E-state index is 10.4. The number of carboxylic acid groups (broad SMARTS) is 1. The molecule has 14 heavy (non-hydrogen) atoms. The third kappa shape index (κ3) is 3.63. The second-order valence-corrected chi connectivity index (χ2v) is 4.32. The Balaban J connectivity index is 2.60. The van der Waals surface area contributed by atoms with Crippen molar-refractivity contribution < 1.29 is 9.90 Å². The minimum Gasteiger partial charge on any atom is -0.481 e. The fourth-order valence-electron chi connectivity index (χ4n) is 1.24. The Morgan fingerprint density at radius 2 is 2.14 bits per heavy atom. The lowest BCUT2D eigenvalue weighted by molar-refractivity contribution is -0.137. The molecule has 1 atom stereocenters. The van der Waals surface area contributed by atoms with Crippen LogP contribution in [0.25, 0.3) is 0 Å². The second kappa shape index (κ2) is 5.31. The van der Waals surface area contributed by atoms with Crippen LogP contribution in [0.1, 0.15) is 12.0 Å². The first-order valence-electron chi connectivity index (χ1n) is 4.30. The van der Waals surface area contributed by atoms with Crippen molar-refractivity contribution in [1.29, 1.82) is 0 Å². The molecule has 1 aromatic rings. The van der Waals surface area contributed by atoms with Crippen molar-refractivity contribution in [2.75, 3.05) is 0 Å². The van der Waals surface area contributed by atoms with Gasteiger partial charge in [-0.05, 0) is 40.6 Å². The van der Waals surface area contributed by atoms with Crippen LogP contribution in [-0.2, 0) is 11.2 Å². The molecule has 0 unspecified atom stereocenters. The molecule has 1 aromatic carbocycles. The highest BCUT2D eigenvalue weighted by atomic mass is 127. The molecule has 0 bridgehead atoms. The summed E-state index contributed by atoms with van der Waals surface area (Å²) in [5, 5.41) is 8.55. The fraction of sp³-hybridized carbons (Fsp3) is 0.300. The smallest absolute Gasteiger partial charge is 0.304 e. The molecule has 0 heterocycles. The summed E-state index contributed by atoms with van der Waals surface area (Å²) < 4.78 is 1.13. The van der Waals surface area contributed by atoms with Gasteiger partial charge in [0.05, 0.1) is 6.42 Å². The topological polar surface area (TPSA) is 63.3 Å². The zero-order valence-corrected chi connectivity index (χ0v) is 9.77. The Bertz CT molecular complexity index is 328. The normalized spacial score (nSPS) is 12.4. The van der Waals surface area contributed by atoms with Crippen LogP contribution in [0.15, 0.2) is 24.3 Å². The highest BCUT2D eigenvalue weighted by molar-refractivity contribution is 14.1. The summed E-state index contributed by atoms with van der Waals surface area (Å²) in [7, 11) is 0. The molecule has 0 radical (unpaired) electrons. The van der Waals surface area contributed by atoms with Gasteiger partial charge in [-0.25, -0.2) is 0 Å². The molecule has 0 aliphatic rings. The van der Waals surface area contributed by atoms with Crippen LogP contribution in [0.2, 0.25) is 0 Å². The van der Waals surface area contributed by atoms with Gasteiger partial charge in [-0.2, -0.15) is 0 Å². The number of carboxylic acids is 1. The summed E-state index contributed by atoms with van der Waals surface area (Å²) in [5.74, 6) is -0.844. The van der Waals surface area contributed by atoms with E-state index in [0.717, 1.165) is 9.13 Å². The SMILES string of the molecule is N[C@H](CC(=O)O)Cc1ccccc1I. The number of aliphatic carboxylic acids is 1. The zero-order valence-electron chi connectivity index (χ0n) is 7.61. The molecule has 0 saturated carbocycles. The Morgan fingerprint density at radius 3 is 2.71 bits per heavy atom. The molecule has 76 valence electrons. The molecule has 3 N–H and O–H groups in total. The molecule has 3 nitrogen and oxygen atoms in total. The van der Waals surface area contributed by atoms with E-state index in [2.05, 4.69) is 22.6 Å². The molecule has 0 spiro atoms. The van der Waals surface area contributed by atoms with Crippen LogP contribution < -0.4 is 5.73 Å². The lowest BCUT2D eigenvalue weighted by Gasteiger charge is -2.09. The second-order valence-electron chi connectivity index (χ2n) is 3.15. The van der Waals surface area contributed by atoms with Crippen LogP contribution >= 0.6 is 22.6 Å². The summed E-state index contributed by atoms with van der Waals surface area (Å²) in [4.78, 5) is 10.4. The highest BCUT2D eigenvalue weighted by Gasteiger charge is 2.10. The molecule has 0 fully saturated rings. The average molecular weight is 305 g/mol. The largest absolute Gasteiger partial charge is 0.481 e. The van der Waals surface area contributed by atoms with Crippen LogP contribution in [0.5, 0.6) is 0 Å². The van der Waals surface area contributed by atoms with E-state index in [1.54, 1.807) is 0 Å². The van der Waals surface area contributed by atoms with Crippen molar-refractivity contribution in [1.82, 2.24) is 0 Å². The van der Waals surface area contributed by atoms with E-state index in [-0.39, 0.29) is 12.5 Å². The van der Waals surface area contributed by atoms with Crippen LogP contribution in [0, 0.1) is 3.57 Å². The number of rotatable bonds is 4. The number of nitrogens with two attached hydrogens (primary N) is 1. The predicted molar refractivity (Wildman–Crippen MR) is 63.1 cm³/mol. The molecule has 0 saturated heterocycles. The van der Waals surface area contributed by atoms with Gasteiger partial charge in [0.25, 0.3) is 0 Å². The fourth-order valence-corrected chi connectivity index (χ4v) is 1.85. The summed E-state index contributed by atoms with van der Waals surface area (Å²) in [6, 6.07) is 7.55. The highest BCUT2D eigenvalue weighted by Crippen LogP contribution is 2.13. The van der Waals surface area contributed by atoms with Crippen molar-refractivity contribution in [3.8, 4) is 0 Å². The van der Waals surface area contributed by atoms with E-state index in [4.69, 9.17) is 10.8 Å². The predicted octanol–water partition coefficient (Wildman–Crippen LogP) is 1.64. The van der Waals surface area contributed by atoms with Crippen molar-refractivity contribution in [3.05, 3.63) is 33.4 Å². The van der Waals surface area contributed by atoms with Crippen molar-refractivity contribution in [3.63, 3.8) is 0 Å². The molecule has 0 aliphatic carbocycles. The Hall–Kier alpha value is -0.620. The quantitative estimate of drug-likeness (QED) is 0.831. The van der Waals surface area contributed by atoms with Gasteiger partial charge in [-0.1, -0.05) is 18.2 Å². The lowest BCUT2D eigenvalue weighted by atomic mass is 10.0. The molecule has 1 rings (SSSR count). The first-order valence-corrected chi connectivity index (χ1v) is 5.38. The van der Waals surface area contributed by atoms with Gasteiger partial charge < -0.3 is 10.8 Å². The maximum Gasteiger partial charge on any atom is 0.304 e. The number of benzene rings is 1. The standard InChI is InChI=1S/C10H12INO2/c11-9-4-2-1-3-7(9)5-8(12)6-10(13)14/h1-4,8H,5-6,12H2,(H,13,14)/t8-/m0/s1. The van der Waals surface area contributed by atoms with Gasteiger partial charge in [0.15, 0.2) is 0 Å². The maximum absolute atomic E-state index is 10.4. The van der Waals surface area contributed by atoms with Crippen molar-refractivity contribution in [2.45, 2.75) is 18.9 Å². The summed E-state index contributed by atoms with van der Waals surface area (Å²) in [5.41, 5.74) is 6.80. The number of hydrogen-bond donors (Lipinski definition) is 2. The summed E-state index contributed by atoms with van der Waals surface area (Å²) in [6.07, 6.45) is 0.635. The minimum absolute atomic E-state index is 0.0188. The molecule has 0 aliphatic heterocycles. The molecule has 0 amide bonds. The molecular weight excluding hydrogens is 293 g/mol. The van der Waals surface area contributed by atoms with Gasteiger partial charge in [0.1, 0.15) is 0 Å². The minimum atomic E-state index is -0.844. The Labute approximate surface area is 96.4 Å². The number of hydrogen-bond acceptors (Lipinski definition) is 2. The van der Waals surface area contributed by atoms with Gasteiger partial charge in [-0.15, -0.1) is 0 Å². The van der Waals surface area contributed by atoms with E-state index < -0.39 is 5.97 Å². The van der Waals surface area contributed by atoms with Crippen molar-refractivity contribution in [2.24, 2.45) is 5.73 Å². The first-order chi connectivity index (χ1) is 6.59. The van der Waals surface area contributed by atoms with E-state index in [0.29, 0.717) is 6.42 Å². The van der Waals surface area contributed by atoms with E-state index in [1.165, 1.54) is 0 Å². The van der Waals surface area contributed by atoms with Gasteiger partial charge in [0, 0.05) is 9.61 Å². The van der Waals surface area contributed by atoms with E-state index in [1.807, 2.05) is 24.3 Å². The molecule has 4 heteroatoms. The van der Waals surface area contributed by atoms with Gasteiger partial charge >= 0.3 is 5.97 Å². The van der Waals surface area contributed by atoms with Crippen LogP contribution in [-0.4, -0.2) is 17.1 Å².